The van der Waals surface area contributed by atoms with E-state index in [1.165, 1.54) is 35.1 Å². The Morgan fingerprint density at radius 2 is 2.09 bits per heavy atom. The van der Waals surface area contributed by atoms with Crippen LogP contribution in [0.2, 0.25) is 0 Å². The molecule has 0 amide bonds. The van der Waals surface area contributed by atoms with Crippen LogP contribution in [0.1, 0.15) is 24.0 Å². The van der Waals surface area contributed by atoms with Gasteiger partial charge >= 0.3 is 0 Å². The molecule has 0 aliphatic carbocycles. The molecule has 0 atom stereocenters. The summed E-state index contributed by atoms with van der Waals surface area (Å²) in [6.45, 7) is 5.42. The molecule has 118 valence electrons. The van der Waals surface area contributed by atoms with Crippen molar-refractivity contribution in [3.63, 3.8) is 0 Å². The summed E-state index contributed by atoms with van der Waals surface area (Å²) >= 11 is 0. The van der Waals surface area contributed by atoms with Crippen molar-refractivity contribution in [1.29, 1.82) is 0 Å². The van der Waals surface area contributed by atoms with Gasteiger partial charge < -0.3 is 5.32 Å². The van der Waals surface area contributed by atoms with Crippen LogP contribution in [0.5, 0.6) is 0 Å². The van der Waals surface area contributed by atoms with Crippen LogP contribution in [-0.4, -0.2) is 40.9 Å². The fraction of sp³-hybridized carbons (Fsp3) is 0.500. The summed E-state index contributed by atoms with van der Waals surface area (Å²) in [5, 5.41) is 7.77. The fourth-order valence-electron chi connectivity index (χ4n) is 3.30. The minimum absolute atomic E-state index is 0.685. The molecule has 0 saturated carbocycles. The lowest BCUT2D eigenvalue weighted by Gasteiger charge is -2.32. The van der Waals surface area contributed by atoms with E-state index in [2.05, 4.69) is 53.7 Å². The van der Waals surface area contributed by atoms with Crippen LogP contribution in [0.25, 0.3) is 11.1 Å². The first kappa shape index (κ1) is 15.3. The molecule has 1 aromatic heterocycles. The Labute approximate surface area is 133 Å². The Kier molecular flexibility index (Phi) is 4.60. The predicted octanol–water partition coefficient (Wildman–Crippen LogP) is 2.58. The number of piperidine rings is 1. The van der Waals surface area contributed by atoms with Crippen molar-refractivity contribution in [2.75, 3.05) is 20.1 Å². The Hall–Kier alpha value is -1.65. The highest BCUT2D eigenvalue weighted by atomic mass is 15.2. The van der Waals surface area contributed by atoms with Gasteiger partial charge in [-0.1, -0.05) is 23.8 Å². The summed E-state index contributed by atoms with van der Waals surface area (Å²) in [5.41, 5.74) is 5.21. The second-order valence-corrected chi connectivity index (χ2v) is 6.46. The summed E-state index contributed by atoms with van der Waals surface area (Å²) in [7, 11) is 4.23. The summed E-state index contributed by atoms with van der Waals surface area (Å²) in [6.07, 6.45) is 6.54. The summed E-state index contributed by atoms with van der Waals surface area (Å²) in [5.74, 6) is 0. The molecular weight excluding hydrogens is 272 g/mol. The van der Waals surface area contributed by atoms with E-state index in [4.69, 9.17) is 0 Å². The fourth-order valence-corrected chi connectivity index (χ4v) is 3.30. The van der Waals surface area contributed by atoms with Crippen molar-refractivity contribution >= 4 is 0 Å². The minimum Gasteiger partial charge on any atom is -0.317 e. The largest absolute Gasteiger partial charge is 0.317 e. The third-order valence-corrected chi connectivity index (χ3v) is 4.63. The monoisotopic (exact) mass is 298 g/mol. The van der Waals surface area contributed by atoms with Gasteiger partial charge in [-0.25, -0.2) is 0 Å². The zero-order valence-corrected chi connectivity index (χ0v) is 13.8. The summed E-state index contributed by atoms with van der Waals surface area (Å²) in [6, 6.07) is 7.45. The van der Waals surface area contributed by atoms with Crippen LogP contribution in [0, 0.1) is 6.92 Å². The normalized spacial score (nSPS) is 16.4. The number of aromatic nitrogens is 2. The summed E-state index contributed by atoms with van der Waals surface area (Å²) in [4.78, 5) is 2.51. The zero-order valence-electron chi connectivity index (χ0n) is 13.8. The maximum absolute atomic E-state index is 4.33. The highest BCUT2D eigenvalue weighted by molar-refractivity contribution is 5.66. The van der Waals surface area contributed by atoms with Crippen molar-refractivity contribution in [1.82, 2.24) is 20.0 Å². The lowest BCUT2D eigenvalue weighted by Crippen LogP contribution is -2.40. The van der Waals surface area contributed by atoms with E-state index in [0.717, 1.165) is 19.6 Å². The number of benzene rings is 1. The van der Waals surface area contributed by atoms with Crippen LogP contribution >= 0.6 is 0 Å². The number of nitrogens with one attached hydrogen (secondary N) is 1. The first-order valence-corrected chi connectivity index (χ1v) is 8.13. The van der Waals surface area contributed by atoms with Crippen LogP contribution < -0.4 is 5.32 Å². The Morgan fingerprint density at radius 3 is 2.77 bits per heavy atom. The lowest BCUT2D eigenvalue weighted by molar-refractivity contribution is 0.192. The minimum atomic E-state index is 0.685. The Balaban J connectivity index is 1.83. The van der Waals surface area contributed by atoms with E-state index in [1.54, 1.807) is 0 Å². The van der Waals surface area contributed by atoms with Crippen LogP contribution in [0.4, 0.5) is 0 Å². The number of hydrogen-bond donors (Lipinski definition) is 1. The molecule has 1 aliphatic heterocycles. The number of hydrogen-bond acceptors (Lipinski definition) is 3. The van der Waals surface area contributed by atoms with Crippen molar-refractivity contribution < 1.29 is 0 Å². The molecular formula is C18H26N4. The molecule has 4 nitrogen and oxygen atoms in total. The van der Waals surface area contributed by atoms with E-state index in [9.17, 15) is 0 Å². The quantitative estimate of drug-likeness (QED) is 0.942. The Bertz CT molecular complexity index is 626. The predicted molar refractivity (Wildman–Crippen MR) is 90.7 cm³/mol. The molecule has 1 N–H and O–H groups in total. The molecule has 1 fully saturated rings. The van der Waals surface area contributed by atoms with Gasteiger partial charge in [-0.15, -0.1) is 0 Å². The van der Waals surface area contributed by atoms with Crippen LogP contribution in [0.3, 0.4) is 0 Å². The van der Waals surface area contributed by atoms with Crippen molar-refractivity contribution in [2.45, 2.75) is 32.4 Å². The zero-order chi connectivity index (χ0) is 15.5. The van der Waals surface area contributed by atoms with Gasteiger partial charge in [0.2, 0.25) is 0 Å². The molecule has 2 heterocycles. The van der Waals surface area contributed by atoms with Gasteiger partial charge in [0.1, 0.15) is 0 Å². The van der Waals surface area contributed by atoms with E-state index in [1.807, 2.05) is 17.9 Å². The average Bonchev–Trinajstić information content (AvgIpc) is 2.96. The van der Waals surface area contributed by atoms with Gasteiger partial charge in [0, 0.05) is 31.4 Å². The van der Waals surface area contributed by atoms with Crippen molar-refractivity contribution in [3.8, 4) is 11.1 Å². The average molecular weight is 298 g/mol. The molecule has 0 radical (unpaired) electrons. The topological polar surface area (TPSA) is 33.1 Å². The molecule has 22 heavy (non-hydrogen) atoms. The molecule has 0 unspecified atom stereocenters. The van der Waals surface area contributed by atoms with E-state index < -0.39 is 0 Å². The highest BCUT2D eigenvalue weighted by Crippen LogP contribution is 2.26. The van der Waals surface area contributed by atoms with Crippen molar-refractivity contribution in [2.24, 2.45) is 7.05 Å². The third kappa shape index (κ3) is 3.39. The molecule has 0 spiro atoms. The van der Waals surface area contributed by atoms with Gasteiger partial charge in [-0.05, 0) is 51.0 Å². The van der Waals surface area contributed by atoms with Gasteiger partial charge in [0.05, 0.1) is 6.20 Å². The lowest BCUT2D eigenvalue weighted by atomic mass is 9.98. The molecule has 1 aromatic carbocycles. The summed E-state index contributed by atoms with van der Waals surface area (Å²) < 4.78 is 1.87. The maximum atomic E-state index is 4.33. The maximum Gasteiger partial charge on any atom is 0.0568 e. The molecule has 3 rings (SSSR count). The number of nitrogens with zero attached hydrogens (tertiary/aromatic N) is 3. The van der Waals surface area contributed by atoms with Gasteiger partial charge in [0.25, 0.3) is 0 Å². The van der Waals surface area contributed by atoms with Crippen LogP contribution in [0.15, 0.2) is 30.6 Å². The first-order chi connectivity index (χ1) is 10.6. The Morgan fingerprint density at radius 1 is 1.32 bits per heavy atom. The molecule has 0 bridgehead atoms. The second-order valence-electron chi connectivity index (χ2n) is 6.46. The number of aryl methyl sites for hydroxylation is 2. The standard InChI is InChI=1S/C18H26N4/c1-14-4-5-15(12-21(2)17-6-8-19-9-7-17)18(10-14)16-11-20-22(3)13-16/h4-5,10-11,13,17,19H,6-9,12H2,1-3H3. The molecule has 1 saturated heterocycles. The SMILES string of the molecule is Cc1ccc(CN(C)C2CCNCC2)c(-c2cnn(C)c2)c1. The van der Waals surface area contributed by atoms with Gasteiger partial charge in [-0.3, -0.25) is 9.58 Å². The number of rotatable bonds is 4. The smallest absolute Gasteiger partial charge is 0.0568 e. The second kappa shape index (κ2) is 6.63. The molecule has 1 aliphatic rings. The highest BCUT2D eigenvalue weighted by Gasteiger charge is 2.19. The van der Waals surface area contributed by atoms with Gasteiger partial charge in [-0.2, -0.15) is 5.10 Å². The van der Waals surface area contributed by atoms with E-state index in [-0.39, 0.29) is 0 Å². The van der Waals surface area contributed by atoms with E-state index in [0.29, 0.717) is 6.04 Å². The van der Waals surface area contributed by atoms with Gasteiger partial charge in [0.15, 0.2) is 0 Å². The van der Waals surface area contributed by atoms with E-state index >= 15 is 0 Å². The van der Waals surface area contributed by atoms with Crippen molar-refractivity contribution in [3.05, 3.63) is 41.7 Å². The first-order valence-electron chi connectivity index (χ1n) is 8.13. The molecule has 2 aromatic rings. The van der Waals surface area contributed by atoms with Crippen LogP contribution in [-0.2, 0) is 13.6 Å². The third-order valence-electron chi connectivity index (χ3n) is 4.63. The molecule has 4 heteroatoms.